The van der Waals surface area contributed by atoms with Gasteiger partial charge in [-0.1, -0.05) is 24.3 Å². The molecule has 0 radical (unpaired) electrons. The summed E-state index contributed by atoms with van der Waals surface area (Å²) in [7, 11) is 2.07. The summed E-state index contributed by atoms with van der Waals surface area (Å²) in [5.74, 6) is 0. The van der Waals surface area contributed by atoms with Gasteiger partial charge in [0.15, 0.2) is 0 Å². The van der Waals surface area contributed by atoms with Crippen molar-refractivity contribution in [2.75, 3.05) is 20.2 Å². The molecule has 4 heteroatoms. The Morgan fingerprint density at radius 3 is 2.25 bits per heavy atom. The van der Waals surface area contributed by atoms with Crippen LogP contribution in [0, 0.1) is 0 Å². The summed E-state index contributed by atoms with van der Waals surface area (Å²) >= 11 is 3.82. The Balaban J connectivity index is 1.88. The largest absolute Gasteiger partial charge is 0.396 e. The number of nitrogens with zero attached hydrogens (tertiary/aromatic N) is 2. The first-order valence-electron chi connectivity index (χ1n) is 8.45. The third kappa shape index (κ3) is 2.54. The Bertz CT molecular complexity index is 1020. The van der Waals surface area contributed by atoms with Gasteiger partial charge in [-0.15, -0.1) is 0 Å². The molecule has 2 aliphatic heterocycles. The lowest BCUT2D eigenvalue weighted by Crippen LogP contribution is -2.36. The van der Waals surface area contributed by atoms with E-state index in [1.807, 2.05) is 0 Å². The van der Waals surface area contributed by atoms with Gasteiger partial charge in [-0.05, 0) is 50.8 Å². The second-order valence-electron chi connectivity index (χ2n) is 6.52. The Hall–Kier alpha value is -1.78. The predicted molar refractivity (Wildman–Crippen MR) is 104 cm³/mol. The van der Waals surface area contributed by atoms with Gasteiger partial charge in [0.1, 0.15) is 0 Å². The number of hydrogen-bond donors (Lipinski definition) is 1. The highest BCUT2D eigenvalue weighted by Gasteiger charge is 2.14. The van der Waals surface area contributed by atoms with Crippen molar-refractivity contribution in [2.45, 2.75) is 19.3 Å². The second kappa shape index (κ2) is 6.26. The minimum absolute atomic E-state index is 0.281. The summed E-state index contributed by atoms with van der Waals surface area (Å²) < 4.78 is 1.14. The molecule has 0 unspecified atom stereocenters. The summed E-state index contributed by atoms with van der Waals surface area (Å²) in [5.41, 5.74) is 0. The van der Waals surface area contributed by atoms with Crippen LogP contribution in [-0.2, 0) is 0 Å². The first-order valence-corrected chi connectivity index (χ1v) is 9.25. The number of aliphatic hydroxyl groups is 1. The Morgan fingerprint density at radius 2 is 1.54 bits per heavy atom. The third-order valence-corrected chi connectivity index (χ3v) is 5.65. The highest BCUT2D eigenvalue weighted by Crippen LogP contribution is 2.18. The van der Waals surface area contributed by atoms with Crippen LogP contribution >= 0.6 is 15.9 Å². The van der Waals surface area contributed by atoms with Crippen LogP contribution in [0.5, 0.6) is 0 Å². The molecule has 0 aliphatic carbocycles. The summed E-state index contributed by atoms with van der Waals surface area (Å²) in [6, 6.07) is 8.87. The molecule has 0 atom stereocenters. The van der Waals surface area contributed by atoms with E-state index in [1.54, 1.807) is 0 Å². The van der Waals surface area contributed by atoms with Crippen LogP contribution in [0.25, 0.3) is 34.0 Å². The SMILES string of the molecule is CN1C=c2ccc3c4c(ccc(c24)=C1)=C(Br)N(CCCCCO)C=3. The van der Waals surface area contributed by atoms with Gasteiger partial charge in [0.2, 0.25) is 0 Å². The highest BCUT2D eigenvalue weighted by atomic mass is 79.9. The molecule has 3 nitrogen and oxygen atoms in total. The fourth-order valence-corrected chi connectivity index (χ4v) is 4.27. The van der Waals surface area contributed by atoms with E-state index in [0.717, 1.165) is 30.4 Å². The van der Waals surface area contributed by atoms with Crippen LogP contribution in [0.2, 0.25) is 0 Å². The zero-order valence-corrected chi connectivity index (χ0v) is 15.4. The maximum Gasteiger partial charge on any atom is 0.0925 e. The Labute approximate surface area is 149 Å². The van der Waals surface area contributed by atoms with Crippen LogP contribution < -0.4 is 20.9 Å². The van der Waals surface area contributed by atoms with Crippen molar-refractivity contribution in [1.29, 1.82) is 0 Å². The van der Waals surface area contributed by atoms with Crippen molar-refractivity contribution >= 4 is 49.9 Å². The zero-order chi connectivity index (χ0) is 16.7. The number of unbranched alkanes of at least 4 members (excludes halogenated alkanes) is 2. The van der Waals surface area contributed by atoms with Gasteiger partial charge in [0.05, 0.1) is 4.61 Å². The van der Waals surface area contributed by atoms with Crippen LogP contribution in [0.4, 0.5) is 0 Å². The molecular formula is C20H21BrN2O. The molecule has 0 bridgehead atoms. The van der Waals surface area contributed by atoms with E-state index in [1.165, 1.54) is 31.6 Å². The monoisotopic (exact) mass is 384 g/mol. The molecule has 0 aromatic heterocycles. The molecule has 2 aromatic rings. The van der Waals surface area contributed by atoms with Gasteiger partial charge >= 0.3 is 0 Å². The van der Waals surface area contributed by atoms with E-state index in [-0.39, 0.29) is 6.61 Å². The highest BCUT2D eigenvalue weighted by molar-refractivity contribution is 9.14. The van der Waals surface area contributed by atoms with Gasteiger partial charge in [-0.25, -0.2) is 0 Å². The number of benzene rings is 2. The van der Waals surface area contributed by atoms with E-state index in [4.69, 9.17) is 5.11 Å². The summed E-state index contributed by atoms with van der Waals surface area (Å²) in [5, 5.41) is 16.7. The molecule has 0 saturated heterocycles. The summed E-state index contributed by atoms with van der Waals surface area (Å²) in [4.78, 5) is 4.41. The van der Waals surface area contributed by atoms with Crippen LogP contribution in [0.3, 0.4) is 0 Å². The molecule has 2 aliphatic rings. The van der Waals surface area contributed by atoms with Crippen LogP contribution in [0.15, 0.2) is 24.3 Å². The van der Waals surface area contributed by atoms with E-state index in [2.05, 4.69) is 75.6 Å². The minimum atomic E-state index is 0.281. The normalized spacial score (nSPS) is 15.2. The van der Waals surface area contributed by atoms with Gasteiger partial charge in [0, 0.05) is 54.8 Å². The van der Waals surface area contributed by atoms with Crippen molar-refractivity contribution in [1.82, 2.24) is 9.80 Å². The van der Waals surface area contributed by atoms with Gasteiger partial charge in [0.25, 0.3) is 0 Å². The molecule has 1 N–H and O–H groups in total. The standard InChI is InChI=1S/C20H21BrN2O/c1-22-11-14-5-6-16-13-23(9-3-2-4-10-24)20(21)17-8-7-15(12-22)18(14)19(16)17/h5-8,11-13,24H,2-4,9-10H2,1H3. The molecule has 0 amide bonds. The fourth-order valence-electron chi connectivity index (χ4n) is 3.66. The Kier molecular flexibility index (Phi) is 4.10. The average Bonchev–Trinajstić information content (AvgIpc) is 2.58. The average molecular weight is 385 g/mol. The van der Waals surface area contributed by atoms with Crippen molar-refractivity contribution in [3.05, 3.63) is 45.1 Å². The molecule has 0 spiro atoms. The van der Waals surface area contributed by atoms with Gasteiger partial charge in [-0.2, -0.15) is 0 Å². The van der Waals surface area contributed by atoms with Crippen molar-refractivity contribution in [2.24, 2.45) is 0 Å². The molecule has 2 aromatic carbocycles. The Morgan fingerprint density at radius 1 is 0.875 bits per heavy atom. The van der Waals surface area contributed by atoms with Gasteiger partial charge in [-0.3, -0.25) is 0 Å². The van der Waals surface area contributed by atoms with E-state index in [9.17, 15) is 0 Å². The third-order valence-electron chi connectivity index (χ3n) is 4.77. The predicted octanol–water partition coefficient (Wildman–Crippen LogP) is 0.938. The first-order chi connectivity index (χ1) is 11.7. The maximum atomic E-state index is 8.94. The van der Waals surface area contributed by atoms with Crippen molar-refractivity contribution < 1.29 is 5.11 Å². The summed E-state index contributed by atoms with van der Waals surface area (Å²) in [6.07, 6.45) is 9.63. The minimum Gasteiger partial charge on any atom is -0.396 e. The smallest absolute Gasteiger partial charge is 0.0925 e. The lowest BCUT2D eigenvalue weighted by Gasteiger charge is -2.24. The van der Waals surface area contributed by atoms with E-state index >= 15 is 0 Å². The molecule has 4 rings (SSSR count). The number of hydrogen-bond acceptors (Lipinski definition) is 3. The fraction of sp³-hybridized carbons (Fsp3) is 0.300. The number of halogens is 1. The number of rotatable bonds is 5. The second-order valence-corrected chi connectivity index (χ2v) is 7.27. The van der Waals surface area contributed by atoms with E-state index in [0.29, 0.717) is 0 Å². The quantitative estimate of drug-likeness (QED) is 0.613. The molecule has 0 fully saturated rings. The van der Waals surface area contributed by atoms with Crippen LogP contribution in [0.1, 0.15) is 19.3 Å². The molecule has 0 saturated carbocycles. The molecule has 24 heavy (non-hydrogen) atoms. The maximum absolute atomic E-state index is 8.94. The first kappa shape index (κ1) is 15.7. The number of aliphatic hydroxyl groups excluding tert-OH is 1. The lowest BCUT2D eigenvalue weighted by atomic mass is 9.99. The van der Waals surface area contributed by atoms with Gasteiger partial charge < -0.3 is 14.9 Å². The topological polar surface area (TPSA) is 26.7 Å². The molecule has 2 heterocycles. The van der Waals surface area contributed by atoms with Crippen molar-refractivity contribution in [3.8, 4) is 0 Å². The lowest BCUT2D eigenvalue weighted by molar-refractivity contribution is 0.281. The van der Waals surface area contributed by atoms with Crippen molar-refractivity contribution in [3.63, 3.8) is 0 Å². The van der Waals surface area contributed by atoms with E-state index < -0.39 is 0 Å². The molecule has 124 valence electrons. The van der Waals surface area contributed by atoms with Crippen LogP contribution in [-0.4, -0.2) is 35.1 Å². The summed E-state index contributed by atoms with van der Waals surface area (Å²) in [6.45, 7) is 1.25. The molecular weight excluding hydrogens is 364 g/mol. The zero-order valence-electron chi connectivity index (χ0n) is 13.8.